The van der Waals surface area contributed by atoms with Crippen molar-refractivity contribution in [1.29, 1.82) is 0 Å². The number of hydrogen-bond donors (Lipinski definition) is 0. The van der Waals surface area contributed by atoms with Gasteiger partial charge in [0.2, 0.25) is 0 Å². The highest BCUT2D eigenvalue weighted by molar-refractivity contribution is 6.26. The molecule has 2 bridgehead atoms. The minimum absolute atomic E-state index is 0.540. The van der Waals surface area contributed by atoms with Crippen LogP contribution in [0.1, 0.15) is 6.42 Å². The summed E-state index contributed by atoms with van der Waals surface area (Å²) in [5.74, 6) is 0.834. The monoisotopic (exact) mass is 343 g/mol. The average molecular weight is 343 g/mol. The van der Waals surface area contributed by atoms with Gasteiger partial charge in [-0.1, -0.05) is 12.2 Å². The predicted molar refractivity (Wildman–Crippen MR) is 105 cm³/mol. The van der Waals surface area contributed by atoms with Crippen molar-refractivity contribution in [2.24, 2.45) is 20.0 Å². The van der Waals surface area contributed by atoms with Crippen LogP contribution in [0.5, 0.6) is 0 Å². The summed E-state index contributed by atoms with van der Waals surface area (Å²) in [6.45, 7) is 0.540. The van der Waals surface area contributed by atoms with Crippen LogP contribution in [0.4, 0.5) is 0 Å². The predicted octanol–water partition coefficient (Wildman–Crippen LogP) is 3.44. The zero-order chi connectivity index (χ0) is 17.6. The van der Waals surface area contributed by atoms with Crippen molar-refractivity contribution >= 4 is 24.4 Å². The fourth-order valence-electron chi connectivity index (χ4n) is 2.76. The van der Waals surface area contributed by atoms with Crippen LogP contribution < -0.4 is 0 Å². The van der Waals surface area contributed by atoms with Crippen molar-refractivity contribution < 1.29 is 4.74 Å². The molecule has 26 heavy (non-hydrogen) atoms. The van der Waals surface area contributed by atoms with Crippen LogP contribution in [0.3, 0.4) is 0 Å². The Morgan fingerprint density at radius 2 is 1.92 bits per heavy atom. The molecule has 6 nitrogen and oxygen atoms in total. The van der Waals surface area contributed by atoms with E-state index in [0.29, 0.717) is 6.67 Å². The van der Waals surface area contributed by atoms with Crippen molar-refractivity contribution in [1.82, 2.24) is 4.90 Å². The van der Waals surface area contributed by atoms with E-state index in [0.717, 1.165) is 34.7 Å². The van der Waals surface area contributed by atoms with Gasteiger partial charge < -0.3 is 9.64 Å². The van der Waals surface area contributed by atoms with E-state index in [4.69, 9.17) is 9.73 Å². The van der Waals surface area contributed by atoms with Gasteiger partial charge in [0, 0.05) is 42.2 Å². The molecule has 3 heterocycles. The Morgan fingerprint density at radius 3 is 2.92 bits per heavy atom. The molecular formula is C20H17N5O. The van der Waals surface area contributed by atoms with Gasteiger partial charge >= 0.3 is 0 Å². The second-order valence-corrected chi connectivity index (χ2v) is 5.67. The molecule has 0 amide bonds. The third kappa shape index (κ3) is 3.44. The maximum Gasteiger partial charge on any atom is 0.143 e. The molecule has 0 fully saturated rings. The van der Waals surface area contributed by atoms with Crippen molar-refractivity contribution in [2.45, 2.75) is 6.42 Å². The first-order valence-corrected chi connectivity index (χ1v) is 8.29. The zero-order valence-corrected chi connectivity index (χ0v) is 14.1. The van der Waals surface area contributed by atoms with Crippen molar-refractivity contribution in [3.63, 3.8) is 0 Å². The lowest BCUT2D eigenvalue weighted by atomic mass is 9.96. The molecule has 0 aromatic carbocycles. The second kappa shape index (κ2) is 7.57. The summed E-state index contributed by atoms with van der Waals surface area (Å²) in [6.07, 6.45) is 24.5. The van der Waals surface area contributed by atoms with Gasteiger partial charge in [-0.2, -0.15) is 0 Å². The van der Waals surface area contributed by atoms with E-state index in [1.807, 2.05) is 29.6 Å². The Balaban J connectivity index is 1.83. The minimum atomic E-state index is 0.540. The molecule has 1 aliphatic carbocycles. The second-order valence-electron chi connectivity index (χ2n) is 5.67. The van der Waals surface area contributed by atoms with Gasteiger partial charge in [0.05, 0.1) is 18.2 Å². The van der Waals surface area contributed by atoms with Crippen LogP contribution in [-0.2, 0) is 4.74 Å². The summed E-state index contributed by atoms with van der Waals surface area (Å²) in [5.41, 5.74) is 3.87. The third-order valence-electron chi connectivity index (χ3n) is 3.98. The molecule has 3 aliphatic heterocycles. The molecule has 0 atom stereocenters. The molecule has 0 spiro atoms. The Kier molecular flexibility index (Phi) is 4.64. The molecule has 0 saturated carbocycles. The first-order valence-electron chi connectivity index (χ1n) is 8.29. The molecule has 128 valence electrons. The van der Waals surface area contributed by atoms with Crippen LogP contribution in [0.25, 0.3) is 0 Å². The lowest BCUT2D eigenvalue weighted by molar-refractivity contribution is 0.401. The maximum absolute atomic E-state index is 5.34. The standard InChI is InChI=1S/C20H17N5O/c1-3-16-5-10-25-15-23-14-18-6-11-26-12-9-21-7-2-8-22-13-17(4-1)19(16)24-20(18)25/h2-14H,1,15H2. The Labute approximate surface area is 151 Å². The van der Waals surface area contributed by atoms with E-state index in [1.54, 1.807) is 31.0 Å². The van der Waals surface area contributed by atoms with Gasteiger partial charge in [-0.25, -0.2) is 4.99 Å². The maximum atomic E-state index is 5.34. The lowest BCUT2D eigenvalue weighted by Gasteiger charge is -2.22. The molecular weight excluding hydrogens is 326 g/mol. The van der Waals surface area contributed by atoms with Gasteiger partial charge in [0.1, 0.15) is 18.8 Å². The smallest absolute Gasteiger partial charge is 0.143 e. The number of rotatable bonds is 0. The van der Waals surface area contributed by atoms with Crippen molar-refractivity contribution in [3.05, 3.63) is 84.0 Å². The molecule has 4 aliphatic rings. The highest BCUT2D eigenvalue weighted by atomic mass is 16.5. The van der Waals surface area contributed by atoms with Gasteiger partial charge in [0.15, 0.2) is 0 Å². The Hall–Kier alpha value is -3.54. The number of hydrogen-bond acceptors (Lipinski definition) is 6. The van der Waals surface area contributed by atoms with Crippen molar-refractivity contribution in [3.8, 4) is 0 Å². The minimum Gasteiger partial charge on any atom is -0.471 e. The van der Waals surface area contributed by atoms with Crippen molar-refractivity contribution in [2.75, 3.05) is 6.67 Å². The van der Waals surface area contributed by atoms with E-state index in [2.05, 4.69) is 33.2 Å². The topological polar surface area (TPSA) is 61.9 Å². The largest absolute Gasteiger partial charge is 0.471 e. The molecule has 0 N–H and O–H groups in total. The van der Waals surface area contributed by atoms with Gasteiger partial charge in [-0.05, 0) is 30.2 Å². The Morgan fingerprint density at radius 1 is 0.962 bits per heavy atom. The number of nitrogens with zero attached hydrogens (tertiary/aromatic N) is 5. The summed E-state index contributed by atoms with van der Waals surface area (Å²) >= 11 is 0. The van der Waals surface area contributed by atoms with Gasteiger partial charge in [0.25, 0.3) is 0 Å². The Bertz CT molecular complexity index is 920. The molecule has 4 rings (SSSR count). The SMILES string of the molecule is C1=CN=CC2=CCC=C3C=CN4CN=CC(=C4N=C32)C=COC=CN=C1. The number of aliphatic imine (C=N–C) groups is 4. The average Bonchev–Trinajstić information content (AvgIpc) is 2.85. The van der Waals surface area contributed by atoms with E-state index in [1.165, 1.54) is 6.26 Å². The fraction of sp³-hybridized carbons (Fsp3) is 0.100. The summed E-state index contributed by atoms with van der Waals surface area (Å²) in [5, 5.41) is 0. The summed E-state index contributed by atoms with van der Waals surface area (Å²) < 4.78 is 5.34. The molecule has 0 aromatic rings. The molecule has 0 radical (unpaired) electrons. The first kappa shape index (κ1) is 16.0. The van der Waals surface area contributed by atoms with Crippen LogP contribution in [-0.4, -0.2) is 35.9 Å². The fourth-order valence-corrected chi connectivity index (χ4v) is 2.76. The zero-order valence-electron chi connectivity index (χ0n) is 14.1. The van der Waals surface area contributed by atoms with Crippen LogP contribution in [0.2, 0.25) is 0 Å². The molecule has 0 aromatic heterocycles. The van der Waals surface area contributed by atoms with Crippen LogP contribution in [0, 0.1) is 0 Å². The molecule has 0 saturated heterocycles. The van der Waals surface area contributed by atoms with Crippen LogP contribution >= 0.6 is 0 Å². The molecule has 6 heteroatoms. The molecule has 0 unspecified atom stereocenters. The van der Waals surface area contributed by atoms with Gasteiger partial charge in [-0.15, -0.1) is 0 Å². The van der Waals surface area contributed by atoms with Crippen LogP contribution in [0.15, 0.2) is 104 Å². The normalized spacial score (nSPS) is 21.2. The summed E-state index contributed by atoms with van der Waals surface area (Å²) in [6, 6.07) is 0. The lowest BCUT2D eigenvalue weighted by Crippen LogP contribution is -2.21. The van der Waals surface area contributed by atoms with Gasteiger partial charge in [-0.3, -0.25) is 15.0 Å². The number of allylic oxidation sites excluding steroid dienone is 8. The summed E-state index contributed by atoms with van der Waals surface area (Å²) in [4.78, 5) is 19.8. The van der Waals surface area contributed by atoms with E-state index < -0.39 is 0 Å². The summed E-state index contributed by atoms with van der Waals surface area (Å²) in [7, 11) is 0. The quantitative estimate of drug-likeness (QED) is 0.676. The van der Waals surface area contributed by atoms with E-state index in [9.17, 15) is 0 Å². The highest BCUT2D eigenvalue weighted by Crippen LogP contribution is 2.26. The van der Waals surface area contributed by atoms with E-state index in [-0.39, 0.29) is 0 Å². The number of ether oxygens (including phenoxy) is 1. The third-order valence-corrected chi connectivity index (χ3v) is 3.98. The van der Waals surface area contributed by atoms with E-state index >= 15 is 0 Å². The first-order chi connectivity index (χ1) is 12.9. The highest BCUT2D eigenvalue weighted by Gasteiger charge is 2.21.